The van der Waals surface area contributed by atoms with Crippen LogP contribution in [0.2, 0.25) is 58.9 Å². The Morgan fingerprint density at radius 3 is 1.00 bits per heavy atom. The van der Waals surface area contributed by atoms with E-state index in [1.807, 2.05) is 0 Å². The monoisotopic (exact) mass is 500 g/mol. The molecule has 0 unspecified atom stereocenters. The number of aliphatic hydroxyl groups is 1. The van der Waals surface area contributed by atoms with E-state index in [4.69, 9.17) is 0 Å². The molecule has 0 spiro atoms. The minimum Gasteiger partial charge on any atom is -0.376 e. The molecule has 0 fully saturated rings. The van der Waals surface area contributed by atoms with E-state index in [2.05, 4.69) is 120 Å². The zero-order chi connectivity index (χ0) is 25.1. The molecule has 4 heteroatoms. The summed E-state index contributed by atoms with van der Waals surface area (Å²) in [5.74, 6) is 0. The van der Waals surface area contributed by atoms with Crippen LogP contribution in [-0.4, -0.2) is 29.3 Å². The van der Waals surface area contributed by atoms with Crippen LogP contribution in [0, 0.1) is 0 Å². The van der Waals surface area contributed by atoms with Crippen molar-refractivity contribution in [1.82, 2.24) is 0 Å². The standard InChI is InChI=1S/C30H40OSi3/c1-29-20-14-11-17-23(32(2,3)4)26(20)30(31,27-21(29)15-12-18-24(27)33(5,6)7)28-22(29)16-13-19-25(28)34(8,9)10/h11-19,31H,1-10H3. The molecule has 0 radical (unpaired) electrons. The van der Waals surface area contributed by atoms with Crippen LogP contribution in [0.25, 0.3) is 0 Å². The quantitative estimate of drug-likeness (QED) is 0.465. The summed E-state index contributed by atoms with van der Waals surface area (Å²) >= 11 is 0. The second kappa shape index (κ2) is 6.94. The van der Waals surface area contributed by atoms with E-state index < -0.39 is 29.8 Å². The maximum Gasteiger partial charge on any atom is 0.141 e. The fraction of sp³-hybridized carbons (Fsp3) is 0.400. The summed E-state index contributed by atoms with van der Waals surface area (Å²) in [6, 6.07) is 20.6. The van der Waals surface area contributed by atoms with Gasteiger partial charge in [0.15, 0.2) is 0 Å². The lowest BCUT2D eigenvalue weighted by molar-refractivity contribution is 0.111. The smallest absolute Gasteiger partial charge is 0.141 e. The predicted molar refractivity (Wildman–Crippen MR) is 156 cm³/mol. The molecule has 0 aliphatic heterocycles. The minimum absolute atomic E-state index is 0.258. The van der Waals surface area contributed by atoms with E-state index in [-0.39, 0.29) is 5.41 Å². The van der Waals surface area contributed by atoms with Crippen molar-refractivity contribution in [2.24, 2.45) is 0 Å². The Kier molecular flexibility index (Phi) is 4.89. The van der Waals surface area contributed by atoms with Crippen molar-refractivity contribution in [3.05, 3.63) is 88.0 Å². The molecular weight excluding hydrogens is 461 g/mol. The van der Waals surface area contributed by atoms with Gasteiger partial charge in [-0.3, -0.25) is 0 Å². The van der Waals surface area contributed by atoms with Crippen LogP contribution in [0.15, 0.2) is 54.6 Å². The van der Waals surface area contributed by atoms with Gasteiger partial charge in [-0.2, -0.15) is 0 Å². The molecule has 34 heavy (non-hydrogen) atoms. The van der Waals surface area contributed by atoms with Gasteiger partial charge in [-0.05, 0) is 40.3 Å². The first-order valence-electron chi connectivity index (χ1n) is 12.7. The van der Waals surface area contributed by atoms with Crippen molar-refractivity contribution in [2.75, 3.05) is 0 Å². The van der Waals surface area contributed by atoms with E-state index in [0.29, 0.717) is 0 Å². The van der Waals surface area contributed by atoms with Crippen LogP contribution in [0.5, 0.6) is 0 Å². The lowest BCUT2D eigenvalue weighted by atomic mass is 9.52. The van der Waals surface area contributed by atoms with Gasteiger partial charge in [-0.1, -0.05) is 129 Å². The highest BCUT2D eigenvalue weighted by Gasteiger charge is 2.60. The zero-order valence-corrected chi connectivity index (χ0v) is 25.6. The fourth-order valence-corrected chi connectivity index (χ4v) is 11.7. The largest absolute Gasteiger partial charge is 0.376 e. The molecule has 0 saturated carbocycles. The minimum atomic E-state index is -1.74. The molecule has 178 valence electrons. The van der Waals surface area contributed by atoms with Gasteiger partial charge in [0, 0.05) is 5.41 Å². The average molecular weight is 501 g/mol. The number of hydrogen-bond donors (Lipinski definition) is 1. The summed E-state index contributed by atoms with van der Waals surface area (Å²) in [6.07, 6.45) is 0. The van der Waals surface area contributed by atoms with Crippen LogP contribution in [0.1, 0.15) is 40.3 Å². The maximum atomic E-state index is 13.5. The number of hydrogen-bond acceptors (Lipinski definition) is 1. The van der Waals surface area contributed by atoms with Gasteiger partial charge < -0.3 is 5.11 Å². The van der Waals surface area contributed by atoms with E-state index in [1.54, 1.807) is 0 Å². The third-order valence-corrected chi connectivity index (χ3v) is 14.4. The maximum absolute atomic E-state index is 13.5. The normalized spacial score (nSPS) is 23.4. The summed E-state index contributed by atoms with van der Waals surface area (Å²) < 4.78 is 0. The van der Waals surface area contributed by atoms with Crippen molar-refractivity contribution in [3.63, 3.8) is 0 Å². The molecule has 3 aliphatic carbocycles. The Bertz CT molecular complexity index is 1170. The Morgan fingerprint density at radius 1 is 0.500 bits per heavy atom. The summed E-state index contributed by atoms with van der Waals surface area (Å²) in [6.45, 7) is 24.2. The van der Waals surface area contributed by atoms with E-state index in [1.165, 1.54) is 48.9 Å². The van der Waals surface area contributed by atoms with Gasteiger partial charge in [0.25, 0.3) is 0 Å². The van der Waals surface area contributed by atoms with Crippen molar-refractivity contribution < 1.29 is 5.11 Å². The number of rotatable bonds is 3. The molecule has 3 aromatic rings. The van der Waals surface area contributed by atoms with Gasteiger partial charge in [0.1, 0.15) is 5.60 Å². The molecule has 0 aromatic heterocycles. The SMILES string of the molecule is CC12c3cccc([Si](C)(C)C)c3C(O)(c3c1cccc3[Si](C)(C)C)c1c2cccc1[Si](C)(C)C. The molecule has 0 heterocycles. The van der Waals surface area contributed by atoms with Crippen molar-refractivity contribution in [2.45, 2.75) is 76.9 Å². The highest BCUT2D eigenvalue weighted by molar-refractivity contribution is 6.90. The highest BCUT2D eigenvalue weighted by atomic mass is 28.3. The summed E-state index contributed by atoms with van der Waals surface area (Å²) in [5, 5.41) is 17.7. The Balaban J connectivity index is 2.08. The first kappa shape index (κ1) is 24.0. The summed E-state index contributed by atoms with van der Waals surface area (Å²) in [7, 11) is -5.21. The molecule has 3 aliphatic rings. The highest BCUT2D eigenvalue weighted by Crippen LogP contribution is 2.60. The van der Waals surface area contributed by atoms with Crippen molar-refractivity contribution in [1.29, 1.82) is 0 Å². The first-order chi connectivity index (χ1) is 15.5. The molecule has 3 aromatic carbocycles. The third kappa shape index (κ3) is 2.92. The molecule has 2 bridgehead atoms. The molecule has 1 N–H and O–H groups in total. The Labute approximate surface area is 209 Å². The second-order valence-corrected chi connectivity index (χ2v) is 28.9. The second-order valence-electron chi connectivity index (χ2n) is 13.8. The molecule has 6 rings (SSSR count). The molecule has 1 nitrogen and oxygen atoms in total. The Morgan fingerprint density at radius 2 is 0.765 bits per heavy atom. The summed E-state index contributed by atoms with van der Waals surface area (Å²) in [5.41, 5.74) is 6.24. The zero-order valence-electron chi connectivity index (χ0n) is 22.6. The Hall–Kier alpha value is -1.73. The van der Waals surface area contributed by atoms with Crippen LogP contribution < -0.4 is 15.6 Å². The van der Waals surface area contributed by atoms with E-state index in [0.717, 1.165) is 0 Å². The fourth-order valence-electron chi connectivity index (χ4n) is 6.76. The lowest BCUT2D eigenvalue weighted by Gasteiger charge is -2.56. The third-order valence-electron chi connectivity index (χ3n) is 8.32. The van der Waals surface area contributed by atoms with Crippen LogP contribution >= 0.6 is 0 Å². The molecule has 0 amide bonds. The number of benzene rings is 3. The van der Waals surface area contributed by atoms with Gasteiger partial charge in [-0.15, -0.1) is 0 Å². The van der Waals surface area contributed by atoms with Crippen LogP contribution in [0.4, 0.5) is 0 Å². The van der Waals surface area contributed by atoms with Gasteiger partial charge >= 0.3 is 0 Å². The van der Waals surface area contributed by atoms with Crippen molar-refractivity contribution >= 4 is 39.8 Å². The van der Waals surface area contributed by atoms with Gasteiger partial charge in [-0.25, -0.2) is 0 Å². The van der Waals surface area contributed by atoms with Crippen LogP contribution in [0.3, 0.4) is 0 Å². The van der Waals surface area contributed by atoms with Gasteiger partial charge in [0.2, 0.25) is 0 Å². The van der Waals surface area contributed by atoms with E-state index in [9.17, 15) is 5.11 Å². The van der Waals surface area contributed by atoms with E-state index >= 15 is 0 Å². The lowest BCUT2D eigenvalue weighted by Crippen LogP contribution is -2.62. The van der Waals surface area contributed by atoms with Gasteiger partial charge in [0.05, 0.1) is 24.2 Å². The first-order valence-corrected chi connectivity index (χ1v) is 23.2. The topological polar surface area (TPSA) is 20.2 Å². The van der Waals surface area contributed by atoms with Crippen LogP contribution in [-0.2, 0) is 11.0 Å². The molecule has 0 saturated heterocycles. The predicted octanol–water partition coefficient (Wildman–Crippen LogP) is 5.59. The van der Waals surface area contributed by atoms with Crippen molar-refractivity contribution in [3.8, 4) is 0 Å². The molecular formula is C30H40OSi3. The molecule has 0 atom stereocenters. The average Bonchev–Trinajstić information content (AvgIpc) is 2.73. The summed E-state index contributed by atoms with van der Waals surface area (Å²) in [4.78, 5) is 0.